The van der Waals surface area contributed by atoms with Crippen molar-refractivity contribution < 1.29 is 29.0 Å². The maximum absolute atomic E-state index is 14.3. The summed E-state index contributed by atoms with van der Waals surface area (Å²) in [5, 5.41) is 25.0. The van der Waals surface area contributed by atoms with Gasteiger partial charge in [-0.15, -0.1) is 0 Å². The number of carbonyl (C=O) groups is 3. The van der Waals surface area contributed by atoms with Crippen molar-refractivity contribution >= 4 is 23.6 Å². The molecular weight excluding hydrogens is 548 g/mol. The first-order valence-electron chi connectivity index (χ1n) is 13.8. The van der Waals surface area contributed by atoms with Gasteiger partial charge in [-0.3, -0.25) is 9.59 Å². The molecule has 0 fully saturated rings. The van der Waals surface area contributed by atoms with E-state index in [0.29, 0.717) is 22.6 Å². The van der Waals surface area contributed by atoms with Crippen LogP contribution in [0.25, 0.3) is 0 Å². The van der Waals surface area contributed by atoms with Gasteiger partial charge >= 0.3 is 6.09 Å². The zero-order valence-electron chi connectivity index (χ0n) is 25.3. The number of nitrogens with zero attached hydrogens (tertiary/aromatic N) is 2. The Kier molecular flexibility index (Phi) is 10.7. The van der Waals surface area contributed by atoms with Crippen molar-refractivity contribution in [2.45, 2.75) is 58.7 Å². The average Bonchev–Trinajstić information content (AvgIpc) is 2.94. The second kappa shape index (κ2) is 14.2. The quantitative estimate of drug-likeness (QED) is 0.278. The van der Waals surface area contributed by atoms with Crippen LogP contribution in [-0.4, -0.2) is 53.2 Å². The number of methoxy groups -OCH3 is 1. The van der Waals surface area contributed by atoms with Crippen molar-refractivity contribution in [2.24, 2.45) is 0 Å². The molecule has 3 aromatic rings. The molecular formula is C33H38N4O6. The number of amides is 3. The topological polar surface area (TPSA) is 141 Å². The normalized spacial score (nSPS) is 12.3. The maximum Gasteiger partial charge on any atom is 0.408 e. The van der Waals surface area contributed by atoms with Gasteiger partial charge in [0.2, 0.25) is 5.91 Å². The number of hydrogen-bond acceptors (Lipinski definition) is 7. The molecule has 3 rings (SSSR count). The van der Waals surface area contributed by atoms with Crippen LogP contribution in [0, 0.1) is 25.2 Å². The summed E-state index contributed by atoms with van der Waals surface area (Å²) in [6.45, 7) is 8.49. The summed E-state index contributed by atoms with van der Waals surface area (Å²) < 4.78 is 10.6. The van der Waals surface area contributed by atoms with Gasteiger partial charge in [0.05, 0.1) is 13.2 Å². The molecule has 0 saturated heterocycles. The van der Waals surface area contributed by atoms with Crippen LogP contribution in [0.4, 0.5) is 10.5 Å². The van der Waals surface area contributed by atoms with E-state index in [1.54, 1.807) is 63.2 Å². The summed E-state index contributed by atoms with van der Waals surface area (Å²) >= 11 is 0. The van der Waals surface area contributed by atoms with E-state index in [1.165, 1.54) is 19.2 Å². The molecule has 3 aromatic carbocycles. The van der Waals surface area contributed by atoms with Crippen LogP contribution >= 0.6 is 0 Å². The Hall–Kier alpha value is -5.04. The molecule has 0 heterocycles. The highest BCUT2D eigenvalue weighted by Crippen LogP contribution is 2.27. The van der Waals surface area contributed by atoms with E-state index in [9.17, 15) is 24.8 Å². The van der Waals surface area contributed by atoms with Crippen LogP contribution in [-0.2, 0) is 20.7 Å². The Morgan fingerprint density at radius 2 is 1.63 bits per heavy atom. The van der Waals surface area contributed by atoms with Crippen LogP contribution in [0.15, 0.2) is 66.7 Å². The zero-order valence-corrected chi connectivity index (χ0v) is 25.3. The summed E-state index contributed by atoms with van der Waals surface area (Å²) in [6, 6.07) is 17.9. The molecule has 0 aliphatic heterocycles. The number of nitriles is 1. The highest BCUT2D eigenvalue weighted by Gasteiger charge is 2.36. The summed E-state index contributed by atoms with van der Waals surface area (Å²) in [5.41, 5.74) is 2.66. The fourth-order valence-corrected chi connectivity index (χ4v) is 4.38. The van der Waals surface area contributed by atoms with Crippen molar-refractivity contribution in [3.8, 4) is 17.6 Å². The molecule has 0 saturated carbocycles. The van der Waals surface area contributed by atoms with Crippen LogP contribution in [0.3, 0.4) is 0 Å². The van der Waals surface area contributed by atoms with E-state index in [1.807, 2.05) is 32.0 Å². The third kappa shape index (κ3) is 9.23. The predicted octanol–water partition coefficient (Wildman–Crippen LogP) is 5.19. The molecule has 0 aliphatic rings. The number of anilines is 1. The van der Waals surface area contributed by atoms with Gasteiger partial charge in [0.1, 0.15) is 35.7 Å². The number of benzene rings is 3. The number of phenolic OH excluding ortho intramolecular Hbond substituents is 1. The Balaban J connectivity index is 2.06. The number of phenols is 1. The molecule has 0 aliphatic carbocycles. The van der Waals surface area contributed by atoms with Crippen LogP contribution in [0.5, 0.6) is 11.5 Å². The lowest BCUT2D eigenvalue weighted by Crippen LogP contribution is -2.53. The van der Waals surface area contributed by atoms with Crippen molar-refractivity contribution in [3.05, 3.63) is 89.0 Å². The zero-order chi connectivity index (χ0) is 31.7. The number of aryl methyl sites for hydroxylation is 2. The number of nitrogens with one attached hydrogen (secondary N) is 2. The number of hydrogen-bond donors (Lipinski definition) is 3. The number of ether oxygens (including phenoxy) is 2. The lowest BCUT2D eigenvalue weighted by molar-refractivity contribution is -0.140. The molecule has 0 spiro atoms. The molecule has 10 nitrogen and oxygen atoms in total. The molecule has 43 heavy (non-hydrogen) atoms. The molecule has 226 valence electrons. The Morgan fingerprint density at radius 3 is 2.19 bits per heavy atom. The summed E-state index contributed by atoms with van der Waals surface area (Å²) in [7, 11) is 1.54. The van der Waals surface area contributed by atoms with Gasteiger partial charge in [-0.25, -0.2) is 4.79 Å². The first kappa shape index (κ1) is 32.5. The third-order valence-electron chi connectivity index (χ3n) is 6.65. The Morgan fingerprint density at radius 1 is 0.977 bits per heavy atom. The van der Waals surface area contributed by atoms with E-state index in [2.05, 4.69) is 10.6 Å². The Labute approximate surface area is 252 Å². The first-order chi connectivity index (χ1) is 20.3. The molecule has 0 aromatic heterocycles. The molecule has 0 radical (unpaired) electrons. The number of rotatable bonds is 10. The number of alkyl carbamates (subject to hydrolysis) is 1. The van der Waals surface area contributed by atoms with E-state index in [0.717, 1.165) is 16.0 Å². The predicted molar refractivity (Wildman–Crippen MR) is 163 cm³/mol. The van der Waals surface area contributed by atoms with Crippen molar-refractivity contribution in [2.75, 3.05) is 19.0 Å². The van der Waals surface area contributed by atoms with Gasteiger partial charge in [0.25, 0.3) is 5.91 Å². The average molecular weight is 587 g/mol. The second-order valence-electron chi connectivity index (χ2n) is 11.2. The summed E-state index contributed by atoms with van der Waals surface area (Å²) in [6.07, 6.45) is -0.813. The smallest absolute Gasteiger partial charge is 0.408 e. The van der Waals surface area contributed by atoms with Gasteiger partial charge in [-0.05, 0) is 93.3 Å². The SMILES string of the molecule is COc1ccc(NC(=O)C(c2ccc(C)c(C)c2)N(CC#N)C(=O)C(Cc2ccc(O)cc2)NC(=O)OC(C)(C)C)cc1. The van der Waals surface area contributed by atoms with Gasteiger partial charge in [-0.1, -0.05) is 30.3 Å². The molecule has 10 heteroatoms. The number of aromatic hydroxyl groups is 1. The molecule has 0 bridgehead atoms. The fourth-order valence-electron chi connectivity index (χ4n) is 4.38. The molecule has 3 N–H and O–H groups in total. The minimum Gasteiger partial charge on any atom is -0.508 e. The number of carbonyl (C=O) groups excluding carboxylic acids is 3. The van der Waals surface area contributed by atoms with Gasteiger partial charge in [-0.2, -0.15) is 5.26 Å². The highest BCUT2D eigenvalue weighted by molar-refractivity contribution is 5.99. The van der Waals surface area contributed by atoms with Crippen molar-refractivity contribution in [1.29, 1.82) is 5.26 Å². The van der Waals surface area contributed by atoms with E-state index in [4.69, 9.17) is 9.47 Å². The lowest BCUT2D eigenvalue weighted by Gasteiger charge is -2.33. The Bertz CT molecular complexity index is 1470. The minimum atomic E-state index is -1.21. The largest absolute Gasteiger partial charge is 0.508 e. The summed E-state index contributed by atoms with van der Waals surface area (Å²) in [5.74, 6) is -0.551. The van der Waals surface area contributed by atoms with E-state index in [-0.39, 0.29) is 12.2 Å². The molecule has 2 atom stereocenters. The maximum atomic E-state index is 14.3. The first-order valence-corrected chi connectivity index (χ1v) is 13.8. The van der Waals surface area contributed by atoms with Crippen molar-refractivity contribution in [1.82, 2.24) is 10.2 Å². The fraction of sp³-hybridized carbons (Fsp3) is 0.333. The molecule has 2 unspecified atom stereocenters. The van der Waals surface area contributed by atoms with Gasteiger partial charge < -0.3 is 30.1 Å². The summed E-state index contributed by atoms with van der Waals surface area (Å²) in [4.78, 5) is 42.2. The van der Waals surface area contributed by atoms with E-state index >= 15 is 0 Å². The van der Waals surface area contributed by atoms with Crippen LogP contribution < -0.4 is 15.4 Å². The van der Waals surface area contributed by atoms with E-state index < -0.39 is 42.1 Å². The van der Waals surface area contributed by atoms with Crippen LogP contribution in [0.2, 0.25) is 0 Å². The minimum absolute atomic E-state index is 0.0139. The second-order valence-corrected chi connectivity index (χ2v) is 11.2. The van der Waals surface area contributed by atoms with Gasteiger partial charge in [0.15, 0.2) is 0 Å². The molecule has 3 amide bonds. The lowest BCUT2D eigenvalue weighted by atomic mass is 9.97. The standard InChI is InChI=1S/C33H38N4O6/c1-21-7-10-24(19-22(21)2)29(30(39)35-25-11-15-27(42-6)16-12-25)37(18-17-34)31(40)28(36-32(41)43-33(3,4)5)20-23-8-13-26(38)14-9-23/h7-16,19,28-29,38H,18,20H2,1-6H3,(H,35,39)(H,36,41). The van der Waals surface area contributed by atoms with Crippen LogP contribution in [0.1, 0.15) is 49.1 Å². The monoisotopic (exact) mass is 586 g/mol. The van der Waals surface area contributed by atoms with Gasteiger partial charge in [0, 0.05) is 12.1 Å². The van der Waals surface area contributed by atoms with Crippen molar-refractivity contribution in [3.63, 3.8) is 0 Å². The highest BCUT2D eigenvalue weighted by atomic mass is 16.6. The third-order valence-corrected chi connectivity index (χ3v) is 6.65.